The molecule has 0 aliphatic rings. The first-order chi connectivity index (χ1) is 9.74. The summed E-state index contributed by atoms with van der Waals surface area (Å²) in [6.45, 7) is 5.91. The molecule has 0 saturated carbocycles. The lowest BCUT2D eigenvalue weighted by atomic mass is 10.00. The van der Waals surface area contributed by atoms with E-state index < -0.39 is 0 Å². The van der Waals surface area contributed by atoms with Crippen LogP contribution in [-0.2, 0) is 4.74 Å². The molecule has 0 fully saturated rings. The molecular formula is C15H22N4O. The van der Waals surface area contributed by atoms with Crippen LogP contribution in [0.3, 0.4) is 0 Å². The lowest BCUT2D eigenvalue weighted by Gasteiger charge is -2.21. The van der Waals surface area contributed by atoms with Gasteiger partial charge in [-0.1, -0.05) is 30.3 Å². The van der Waals surface area contributed by atoms with E-state index in [1.165, 1.54) is 0 Å². The molecular weight excluding hydrogens is 252 g/mol. The van der Waals surface area contributed by atoms with E-state index in [2.05, 4.69) is 29.5 Å². The van der Waals surface area contributed by atoms with Crippen LogP contribution in [0.1, 0.15) is 25.5 Å². The zero-order valence-electron chi connectivity index (χ0n) is 12.3. The predicted molar refractivity (Wildman–Crippen MR) is 79.1 cm³/mol. The van der Waals surface area contributed by atoms with Crippen LogP contribution >= 0.6 is 0 Å². The maximum Gasteiger partial charge on any atom is 0.0733 e. The van der Waals surface area contributed by atoms with Crippen molar-refractivity contribution < 1.29 is 4.74 Å². The van der Waals surface area contributed by atoms with Crippen LogP contribution in [0.25, 0.3) is 5.69 Å². The van der Waals surface area contributed by atoms with E-state index in [0.29, 0.717) is 18.6 Å². The Morgan fingerprint density at radius 2 is 2.00 bits per heavy atom. The molecule has 0 spiro atoms. The van der Waals surface area contributed by atoms with Crippen molar-refractivity contribution in [3.63, 3.8) is 0 Å². The second-order valence-corrected chi connectivity index (χ2v) is 4.93. The molecule has 20 heavy (non-hydrogen) atoms. The fraction of sp³-hybridized carbons (Fsp3) is 0.467. The first kappa shape index (κ1) is 14.7. The Morgan fingerprint density at radius 1 is 1.25 bits per heavy atom. The standard InChI is InChI=1S/C15H22N4O/c1-12(13(2)16-9-10-20-3)15-11-17-18-19(15)14-7-5-4-6-8-14/h4-8,11-13,16H,9-10H2,1-3H3. The van der Waals surface area contributed by atoms with Gasteiger partial charge < -0.3 is 10.1 Å². The van der Waals surface area contributed by atoms with E-state index >= 15 is 0 Å². The van der Waals surface area contributed by atoms with Gasteiger partial charge in [-0.3, -0.25) is 0 Å². The molecule has 2 aromatic rings. The fourth-order valence-electron chi connectivity index (χ4n) is 2.14. The molecule has 0 amide bonds. The normalized spacial score (nSPS) is 14.2. The van der Waals surface area contributed by atoms with E-state index in [0.717, 1.165) is 17.9 Å². The van der Waals surface area contributed by atoms with Gasteiger partial charge in [0.1, 0.15) is 0 Å². The Labute approximate surface area is 120 Å². The molecule has 108 valence electrons. The van der Waals surface area contributed by atoms with Gasteiger partial charge in [-0.05, 0) is 19.1 Å². The third-order valence-corrected chi connectivity index (χ3v) is 3.57. The molecule has 5 heteroatoms. The van der Waals surface area contributed by atoms with Crippen LogP contribution < -0.4 is 5.32 Å². The molecule has 0 radical (unpaired) electrons. The molecule has 5 nitrogen and oxygen atoms in total. The molecule has 0 saturated heterocycles. The van der Waals surface area contributed by atoms with Crippen molar-refractivity contribution in [3.05, 3.63) is 42.2 Å². The van der Waals surface area contributed by atoms with Crippen LogP contribution in [0.4, 0.5) is 0 Å². The molecule has 0 bridgehead atoms. The van der Waals surface area contributed by atoms with Gasteiger partial charge in [-0.15, -0.1) is 5.10 Å². The van der Waals surface area contributed by atoms with E-state index in [-0.39, 0.29) is 0 Å². The zero-order valence-corrected chi connectivity index (χ0v) is 12.3. The third kappa shape index (κ3) is 3.43. The Bertz CT molecular complexity index is 512. The highest BCUT2D eigenvalue weighted by molar-refractivity contribution is 5.32. The average Bonchev–Trinajstić information content (AvgIpc) is 2.97. The molecule has 2 rings (SSSR count). The summed E-state index contributed by atoms with van der Waals surface area (Å²) in [4.78, 5) is 0. The molecule has 2 unspecified atom stereocenters. The summed E-state index contributed by atoms with van der Waals surface area (Å²) >= 11 is 0. The highest BCUT2D eigenvalue weighted by Gasteiger charge is 2.19. The Kier molecular flexibility index (Phi) is 5.26. The minimum Gasteiger partial charge on any atom is -0.383 e. The van der Waals surface area contributed by atoms with E-state index in [1.54, 1.807) is 7.11 Å². The van der Waals surface area contributed by atoms with Crippen molar-refractivity contribution in [2.24, 2.45) is 0 Å². The largest absolute Gasteiger partial charge is 0.383 e. The smallest absolute Gasteiger partial charge is 0.0733 e. The maximum absolute atomic E-state index is 5.06. The summed E-state index contributed by atoms with van der Waals surface area (Å²) in [7, 11) is 1.71. The van der Waals surface area contributed by atoms with Crippen molar-refractivity contribution in [2.75, 3.05) is 20.3 Å². The topological polar surface area (TPSA) is 52.0 Å². The maximum atomic E-state index is 5.06. The van der Waals surface area contributed by atoms with Gasteiger partial charge in [0.15, 0.2) is 0 Å². The molecule has 1 aromatic carbocycles. The molecule has 0 aliphatic heterocycles. The summed E-state index contributed by atoms with van der Waals surface area (Å²) in [5.41, 5.74) is 2.14. The van der Waals surface area contributed by atoms with Gasteiger partial charge in [0.2, 0.25) is 0 Å². The van der Waals surface area contributed by atoms with Gasteiger partial charge in [-0.25, -0.2) is 4.68 Å². The quantitative estimate of drug-likeness (QED) is 0.785. The van der Waals surface area contributed by atoms with Crippen LogP contribution in [0.2, 0.25) is 0 Å². The number of rotatable bonds is 7. The summed E-state index contributed by atoms with van der Waals surface area (Å²) < 4.78 is 6.97. The fourth-order valence-corrected chi connectivity index (χ4v) is 2.14. The highest BCUT2D eigenvalue weighted by atomic mass is 16.5. The minimum atomic E-state index is 0.307. The van der Waals surface area contributed by atoms with Crippen LogP contribution in [0, 0.1) is 0 Å². The van der Waals surface area contributed by atoms with Gasteiger partial charge in [0.05, 0.1) is 24.2 Å². The zero-order chi connectivity index (χ0) is 14.4. The summed E-state index contributed by atoms with van der Waals surface area (Å²) in [6.07, 6.45) is 1.84. The summed E-state index contributed by atoms with van der Waals surface area (Å²) in [5, 5.41) is 11.7. The Hall–Kier alpha value is -1.72. The van der Waals surface area contributed by atoms with Crippen molar-refractivity contribution in [2.45, 2.75) is 25.8 Å². The average molecular weight is 274 g/mol. The summed E-state index contributed by atoms with van der Waals surface area (Å²) in [5.74, 6) is 0.307. The van der Waals surface area contributed by atoms with E-state index in [9.17, 15) is 0 Å². The van der Waals surface area contributed by atoms with Gasteiger partial charge in [0.25, 0.3) is 0 Å². The number of hydrogen-bond donors (Lipinski definition) is 1. The first-order valence-corrected chi connectivity index (χ1v) is 6.92. The number of aromatic nitrogens is 3. The molecule has 1 aromatic heterocycles. The lowest BCUT2D eigenvalue weighted by Crippen LogP contribution is -2.34. The van der Waals surface area contributed by atoms with Crippen molar-refractivity contribution in [1.82, 2.24) is 20.3 Å². The highest BCUT2D eigenvalue weighted by Crippen LogP contribution is 2.20. The molecule has 0 aliphatic carbocycles. The Morgan fingerprint density at radius 3 is 2.70 bits per heavy atom. The monoisotopic (exact) mass is 274 g/mol. The third-order valence-electron chi connectivity index (χ3n) is 3.57. The Balaban J connectivity index is 2.11. The van der Waals surface area contributed by atoms with Crippen LogP contribution in [0.5, 0.6) is 0 Å². The first-order valence-electron chi connectivity index (χ1n) is 6.92. The van der Waals surface area contributed by atoms with E-state index in [4.69, 9.17) is 4.74 Å². The number of hydrogen-bond acceptors (Lipinski definition) is 4. The number of para-hydroxylation sites is 1. The molecule has 1 N–H and O–H groups in total. The van der Waals surface area contributed by atoms with Crippen LogP contribution in [0.15, 0.2) is 36.5 Å². The van der Waals surface area contributed by atoms with Gasteiger partial charge >= 0.3 is 0 Å². The van der Waals surface area contributed by atoms with E-state index in [1.807, 2.05) is 41.2 Å². The van der Waals surface area contributed by atoms with Crippen molar-refractivity contribution in [1.29, 1.82) is 0 Å². The van der Waals surface area contributed by atoms with Crippen molar-refractivity contribution in [3.8, 4) is 5.69 Å². The van der Waals surface area contributed by atoms with Crippen molar-refractivity contribution >= 4 is 0 Å². The lowest BCUT2D eigenvalue weighted by molar-refractivity contribution is 0.195. The van der Waals surface area contributed by atoms with Gasteiger partial charge in [0, 0.05) is 25.6 Å². The van der Waals surface area contributed by atoms with Gasteiger partial charge in [-0.2, -0.15) is 0 Å². The molecule has 2 atom stereocenters. The number of methoxy groups -OCH3 is 1. The summed E-state index contributed by atoms with van der Waals surface area (Å²) in [6, 6.07) is 10.4. The minimum absolute atomic E-state index is 0.307. The number of nitrogens with one attached hydrogen (secondary N) is 1. The number of benzene rings is 1. The number of ether oxygens (including phenoxy) is 1. The number of nitrogens with zero attached hydrogens (tertiary/aromatic N) is 3. The van der Waals surface area contributed by atoms with Crippen LogP contribution in [-0.4, -0.2) is 41.3 Å². The second kappa shape index (κ2) is 7.17. The second-order valence-electron chi connectivity index (χ2n) is 4.93. The predicted octanol–water partition coefficient (Wildman–Crippen LogP) is 2.00. The SMILES string of the molecule is COCCNC(C)C(C)c1cnnn1-c1ccccc1. The molecule has 1 heterocycles.